The lowest BCUT2D eigenvalue weighted by Gasteiger charge is -2.21. The monoisotopic (exact) mass is 323 g/mol. The van der Waals surface area contributed by atoms with Gasteiger partial charge < -0.3 is 24.7 Å². The largest absolute Gasteiger partial charge is 0.493 e. The van der Waals surface area contributed by atoms with E-state index in [2.05, 4.69) is 15.4 Å². The van der Waals surface area contributed by atoms with Gasteiger partial charge in [-0.05, 0) is 17.3 Å². The molecule has 124 valence electrons. The van der Waals surface area contributed by atoms with E-state index >= 15 is 0 Å². The number of benzene rings is 1. The number of ether oxygens (including phenoxy) is 4. The molecule has 1 aromatic carbocycles. The maximum Gasteiger partial charge on any atom is 0.404 e. The minimum Gasteiger partial charge on any atom is -0.493 e. The molecule has 23 heavy (non-hydrogen) atoms. The molecule has 10 nitrogen and oxygen atoms in total. The van der Waals surface area contributed by atoms with E-state index in [1.54, 1.807) is 12.1 Å². The van der Waals surface area contributed by atoms with Crippen LogP contribution in [0.1, 0.15) is 11.6 Å². The maximum absolute atomic E-state index is 10.9. The van der Waals surface area contributed by atoms with Gasteiger partial charge in [0.2, 0.25) is 5.75 Å². The lowest BCUT2D eigenvalue weighted by molar-refractivity contribution is 0.138. The van der Waals surface area contributed by atoms with Crippen molar-refractivity contribution in [3.63, 3.8) is 0 Å². The van der Waals surface area contributed by atoms with Crippen molar-refractivity contribution in [1.29, 1.82) is 0 Å². The number of primary amides is 1. The van der Waals surface area contributed by atoms with Gasteiger partial charge >= 0.3 is 6.09 Å². The molecule has 0 aliphatic heterocycles. The van der Waals surface area contributed by atoms with Crippen molar-refractivity contribution < 1.29 is 23.7 Å². The van der Waals surface area contributed by atoms with Crippen molar-refractivity contribution in [2.45, 2.75) is 6.04 Å². The van der Waals surface area contributed by atoms with Gasteiger partial charge in [0, 0.05) is 5.56 Å². The van der Waals surface area contributed by atoms with Crippen LogP contribution in [0.4, 0.5) is 4.79 Å². The number of methoxy groups -OCH3 is 3. The number of carbonyl (C=O) groups is 1. The zero-order valence-corrected chi connectivity index (χ0v) is 12.9. The van der Waals surface area contributed by atoms with Gasteiger partial charge in [0.1, 0.15) is 12.6 Å². The molecule has 1 heterocycles. The quantitative estimate of drug-likeness (QED) is 0.775. The van der Waals surface area contributed by atoms with Gasteiger partial charge in [-0.3, -0.25) is 0 Å². The molecule has 0 saturated heterocycles. The number of hydrogen-bond donors (Lipinski definition) is 1. The van der Waals surface area contributed by atoms with E-state index in [0.717, 1.165) is 0 Å². The van der Waals surface area contributed by atoms with Crippen LogP contribution in [0.2, 0.25) is 0 Å². The molecule has 2 rings (SSSR count). The predicted octanol–water partition coefficient (Wildman–Crippen LogP) is 0.384. The average Bonchev–Trinajstić information content (AvgIpc) is 3.08. The van der Waals surface area contributed by atoms with Gasteiger partial charge in [0.15, 0.2) is 17.8 Å². The number of aromatic nitrogens is 4. The second-order valence-electron chi connectivity index (χ2n) is 4.33. The Morgan fingerprint density at radius 3 is 2.48 bits per heavy atom. The first-order valence-electron chi connectivity index (χ1n) is 6.55. The molecule has 0 aliphatic carbocycles. The van der Waals surface area contributed by atoms with Gasteiger partial charge in [0.05, 0.1) is 21.3 Å². The van der Waals surface area contributed by atoms with Gasteiger partial charge in [-0.15, -0.1) is 10.2 Å². The van der Waals surface area contributed by atoms with Crippen LogP contribution in [-0.2, 0) is 4.74 Å². The van der Waals surface area contributed by atoms with Crippen LogP contribution >= 0.6 is 0 Å². The Kier molecular flexibility index (Phi) is 5.18. The minimum absolute atomic E-state index is 0.0997. The highest BCUT2D eigenvalue weighted by molar-refractivity contribution is 5.64. The second kappa shape index (κ2) is 7.29. The Hall–Kier alpha value is -3.04. The fourth-order valence-electron chi connectivity index (χ4n) is 2.15. The summed E-state index contributed by atoms with van der Waals surface area (Å²) >= 11 is 0. The van der Waals surface area contributed by atoms with Gasteiger partial charge in [0.25, 0.3) is 0 Å². The molecule has 0 spiro atoms. The summed E-state index contributed by atoms with van der Waals surface area (Å²) in [6.45, 7) is -0.0997. The van der Waals surface area contributed by atoms with Crippen LogP contribution in [0.5, 0.6) is 17.2 Å². The van der Waals surface area contributed by atoms with Crippen molar-refractivity contribution in [2.24, 2.45) is 5.73 Å². The number of hydrogen-bond acceptors (Lipinski definition) is 8. The number of tetrazole rings is 1. The number of nitrogens with two attached hydrogens (primary N) is 1. The highest BCUT2D eigenvalue weighted by Crippen LogP contribution is 2.42. The Morgan fingerprint density at radius 1 is 1.22 bits per heavy atom. The van der Waals surface area contributed by atoms with Gasteiger partial charge in [-0.1, -0.05) is 0 Å². The predicted molar refractivity (Wildman–Crippen MR) is 77.6 cm³/mol. The average molecular weight is 323 g/mol. The summed E-state index contributed by atoms with van der Waals surface area (Å²) in [5.74, 6) is 1.30. The zero-order valence-electron chi connectivity index (χ0n) is 12.9. The molecule has 10 heteroatoms. The Labute approximate surface area is 132 Å². The van der Waals surface area contributed by atoms with E-state index in [1.165, 1.54) is 32.5 Å². The lowest BCUT2D eigenvalue weighted by atomic mass is 10.1. The molecular formula is C13H17N5O5. The van der Waals surface area contributed by atoms with E-state index < -0.39 is 12.1 Å². The molecule has 1 unspecified atom stereocenters. The molecule has 1 aromatic heterocycles. The fraction of sp³-hybridized carbons (Fsp3) is 0.385. The molecule has 1 atom stereocenters. The standard InChI is InChI=1S/C13H17N5O5/c1-20-10-5-4-8(11(21-2)12(10)22-3)9(6-23-13(14)19)18-16-7-15-17-18/h4-5,7,9H,6H2,1-3H3,(H2,14,19). The molecule has 0 saturated carbocycles. The molecule has 2 N–H and O–H groups in total. The van der Waals surface area contributed by atoms with Crippen LogP contribution in [0.25, 0.3) is 0 Å². The van der Waals surface area contributed by atoms with Crippen molar-refractivity contribution in [3.05, 3.63) is 24.0 Å². The summed E-state index contributed by atoms with van der Waals surface area (Å²) < 4.78 is 20.9. The van der Waals surface area contributed by atoms with Crippen LogP contribution < -0.4 is 19.9 Å². The van der Waals surface area contributed by atoms with E-state index in [9.17, 15) is 4.79 Å². The zero-order chi connectivity index (χ0) is 16.8. The molecule has 0 aliphatic rings. The number of amides is 1. The third-order valence-corrected chi connectivity index (χ3v) is 3.12. The summed E-state index contributed by atoms with van der Waals surface area (Å²) in [7, 11) is 4.50. The molecule has 1 amide bonds. The second-order valence-corrected chi connectivity index (χ2v) is 4.33. The summed E-state index contributed by atoms with van der Waals surface area (Å²) in [5, 5.41) is 11.5. The highest BCUT2D eigenvalue weighted by Gasteiger charge is 2.26. The molecular weight excluding hydrogens is 306 g/mol. The topological polar surface area (TPSA) is 124 Å². The van der Waals surface area contributed by atoms with Crippen LogP contribution in [0, 0.1) is 0 Å². The Morgan fingerprint density at radius 2 is 1.96 bits per heavy atom. The summed E-state index contributed by atoms with van der Waals surface area (Å²) in [6, 6.07) is 2.84. The van der Waals surface area contributed by atoms with Crippen molar-refractivity contribution in [3.8, 4) is 17.2 Å². The normalized spacial score (nSPS) is 11.6. The van der Waals surface area contributed by atoms with Crippen molar-refractivity contribution in [1.82, 2.24) is 20.2 Å². The van der Waals surface area contributed by atoms with Crippen molar-refractivity contribution in [2.75, 3.05) is 27.9 Å². The van der Waals surface area contributed by atoms with E-state index in [0.29, 0.717) is 22.8 Å². The summed E-state index contributed by atoms with van der Waals surface area (Å²) in [5.41, 5.74) is 5.66. The highest BCUT2D eigenvalue weighted by atomic mass is 16.5. The molecule has 2 aromatic rings. The number of rotatable bonds is 7. The first-order valence-corrected chi connectivity index (χ1v) is 6.55. The van der Waals surface area contributed by atoms with E-state index in [1.807, 2.05) is 0 Å². The van der Waals surface area contributed by atoms with Crippen LogP contribution in [0.15, 0.2) is 18.5 Å². The smallest absolute Gasteiger partial charge is 0.404 e. The first-order chi connectivity index (χ1) is 11.1. The van der Waals surface area contributed by atoms with Gasteiger partial charge in [-0.2, -0.15) is 4.80 Å². The Balaban J connectivity index is 2.51. The van der Waals surface area contributed by atoms with Crippen molar-refractivity contribution >= 4 is 6.09 Å². The third-order valence-electron chi connectivity index (χ3n) is 3.12. The van der Waals surface area contributed by atoms with Crippen LogP contribution in [-0.4, -0.2) is 54.2 Å². The van der Waals surface area contributed by atoms with Gasteiger partial charge in [-0.25, -0.2) is 4.79 Å². The van der Waals surface area contributed by atoms with E-state index in [-0.39, 0.29) is 6.61 Å². The molecule has 0 radical (unpaired) electrons. The van der Waals surface area contributed by atoms with E-state index in [4.69, 9.17) is 24.7 Å². The minimum atomic E-state index is -0.908. The number of carbonyl (C=O) groups excluding carboxylic acids is 1. The lowest BCUT2D eigenvalue weighted by Crippen LogP contribution is -2.24. The SMILES string of the molecule is COc1ccc(C(COC(N)=O)n2ncnn2)c(OC)c1OC. The summed E-state index contributed by atoms with van der Waals surface area (Å²) in [6.07, 6.45) is 0.361. The number of nitrogens with zero attached hydrogens (tertiary/aromatic N) is 4. The molecule has 0 bridgehead atoms. The fourth-order valence-corrected chi connectivity index (χ4v) is 2.15. The maximum atomic E-state index is 10.9. The molecule has 0 fully saturated rings. The van der Waals surface area contributed by atoms with Crippen LogP contribution in [0.3, 0.4) is 0 Å². The first kappa shape index (κ1) is 16.3. The third kappa shape index (κ3) is 3.42. The Bertz CT molecular complexity index is 661. The summed E-state index contributed by atoms with van der Waals surface area (Å²) in [4.78, 5) is 12.2.